The van der Waals surface area contributed by atoms with E-state index in [2.05, 4.69) is 10.3 Å². The zero-order chi connectivity index (χ0) is 24.8. The SMILES string of the molecule is CO[C@@H]1CN(C)C(=O)c2cc(NC(C)=O)ccc2OC[C@@H](C)N(C(=O)c2ccncc2)C[C@H]1C. The molecule has 3 rings (SSSR count). The van der Waals surface area contributed by atoms with E-state index in [9.17, 15) is 14.4 Å². The van der Waals surface area contributed by atoms with Crippen molar-refractivity contribution in [1.29, 1.82) is 0 Å². The van der Waals surface area contributed by atoms with E-state index in [1.807, 2.05) is 13.8 Å². The van der Waals surface area contributed by atoms with Gasteiger partial charge in [0, 0.05) is 63.7 Å². The molecule has 0 saturated carbocycles. The smallest absolute Gasteiger partial charge is 0.257 e. The lowest BCUT2D eigenvalue weighted by Gasteiger charge is -2.36. The molecule has 0 unspecified atom stereocenters. The fourth-order valence-electron chi connectivity index (χ4n) is 4.00. The molecule has 9 heteroatoms. The quantitative estimate of drug-likeness (QED) is 0.743. The number of ether oxygens (including phenoxy) is 2. The Balaban J connectivity index is 1.99. The van der Waals surface area contributed by atoms with E-state index in [-0.39, 0.29) is 42.4 Å². The number of anilines is 1. The zero-order valence-electron chi connectivity index (χ0n) is 20.3. The Morgan fingerprint density at radius 2 is 1.85 bits per heavy atom. The van der Waals surface area contributed by atoms with Gasteiger partial charge in [-0.2, -0.15) is 0 Å². The molecular weight excluding hydrogens is 436 g/mol. The van der Waals surface area contributed by atoms with Crippen molar-refractivity contribution in [2.75, 3.05) is 39.2 Å². The zero-order valence-corrected chi connectivity index (χ0v) is 20.3. The molecule has 1 aromatic heterocycles. The van der Waals surface area contributed by atoms with Crippen LogP contribution in [0.5, 0.6) is 5.75 Å². The van der Waals surface area contributed by atoms with Gasteiger partial charge in [0.05, 0.1) is 17.7 Å². The number of nitrogens with one attached hydrogen (secondary N) is 1. The summed E-state index contributed by atoms with van der Waals surface area (Å²) in [7, 11) is 3.31. The van der Waals surface area contributed by atoms with Gasteiger partial charge in [-0.3, -0.25) is 19.4 Å². The third kappa shape index (κ3) is 5.91. The van der Waals surface area contributed by atoms with E-state index < -0.39 is 0 Å². The summed E-state index contributed by atoms with van der Waals surface area (Å²) in [5.74, 6) is -0.269. The van der Waals surface area contributed by atoms with Gasteiger partial charge in [0.1, 0.15) is 12.4 Å². The Morgan fingerprint density at radius 1 is 1.15 bits per heavy atom. The Morgan fingerprint density at radius 3 is 2.50 bits per heavy atom. The van der Waals surface area contributed by atoms with E-state index in [0.29, 0.717) is 35.7 Å². The third-order valence-electron chi connectivity index (χ3n) is 5.95. The predicted molar refractivity (Wildman–Crippen MR) is 128 cm³/mol. The Bertz CT molecular complexity index is 1030. The first-order valence-electron chi connectivity index (χ1n) is 11.2. The summed E-state index contributed by atoms with van der Waals surface area (Å²) in [5.41, 5.74) is 1.38. The molecule has 0 spiro atoms. The van der Waals surface area contributed by atoms with Crippen LogP contribution in [0.25, 0.3) is 0 Å². The van der Waals surface area contributed by atoms with E-state index in [1.165, 1.54) is 6.92 Å². The van der Waals surface area contributed by atoms with Crippen molar-refractivity contribution in [3.63, 3.8) is 0 Å². The average Bonchev–Trinajstić information content (AvgIpc) is 2.83. The molecule has 0 fully saturated rings. The molecule has 2 aromatic rings. The lowest BCUT2D eigenvalue weighted by atomic mass is 10.0. The van der Waals surface area contributed by atoms with Crippen LogP contribution in [0.2, 0.25) is 0 Å². The second-order valence-corrected chi connectivity index (χ2v) is 8.68. The number of aromatic nitrogens is 1. The third-order valence-corrected chi connectivity index (χ3v) is 5.95. The van der Waals surface area contributed by atoms with Gasteiger partial charge in [0.25, 0.3) is 11.8 Å². The molecule has 1 N–H and O–H groups in total. The monoisotopic (exact) mass is 468 g/mol. The van der Waals surface area contributed by atoms with E-state index in [0.717, 1.165) is 0 Å². The number of amides is 3. The maximum atomic E-state index is 13.4. The highest BCUT2D eigenvalue weighted by Gasteiger charge is 2.30. The van der Waals surface area contributed by atoms with Gasteiger partial charge < -0.3 is 24.6 Å². The minimum Gasteiger partial charge on any atom is -0.491 e. The molecule has 1 aliphatic rings. The largest absolute Gasteiger partial charge is 0.491 e. The number of fused-ring (bicyclic) bond motifs is 1. The molecule has 0 aliphatic carbocycles. The molecule has 2 heterocycles. The standard InChI is InChI=1S/C25H32N4O5/c1-16-13-29(24(31)19-8-10-26-11-9-19)17(2)15-34-22-7-6-20(27-18(3)30)12-21(22)25(32)28(4)14-23(16)33-5/h6-12,16-17,23H,13-15H2,1-5H3,(H,27,30)/t16-,17-,23-/m1/s1. The van der Waals surface area contributed by atoms with Crippen molar-refractivity contribution < 1.29 is 23.9 Å². The van der Waals surface area contributed by atoms with Crippen LogP contribution in [-0.4, -0.2) is 78.5 Å². The molecule has 182 valence electrons. The first-order chi connectivity index (χ1) is 16.2. The molecule has 3 amide bonds. The second-order valence-electron chi connectivity index (χ2n) is 8.68. The van der Waals surface area contributed by atoms with Gasteiger partial charge in [0.2, 0.25) is 5.91 Å². The van der Waals surface area contributed by atoms with Gasteiger partial charge >= 0.3 is 0 Å². The Hall–Kier alpha value is -3.46. The molecule has 34 heavy (non-hydrogen) atoms. The van der Waals surface area contributed by atoms with Crippen LogP contribution < -0.4 is 10.1 Å². The van der Waals surface area contributed by atoms with Crippen LogP contribution in [0.1, 0.15) is 41.5 Å². The number of methoxy groups -OCH3 is 1. The highest BCUT2D eigenvalue weighted by Crippen LogP contribution is 2.26. The van der Waals surface area contributed by atoms with Crippen molar-refractivity contribution in [3.05, 3.63) is 53.9 Å². The predicted octanol–water partition coefficient (Wildman–Crippen LogP) is 2.69. The second kappa shape index (κ2) is 11.1. The van der Waals surface area contributed by atoms with Crippen LogP contribution in [-0.2, 0) is 9.53 Å². The van der Waals surface area contributed by atoms with E-state index in [1.54, 1.807) is 66.7 Å². The first-order valence-corrected chi connectivity index (χ1v) is 11.2. The number of rotatable bonds is 3. The maximum absolute atomic E-state index is 13.4. The normalized spacial score (nSPS) is 21.6. The molecule has 0 bridgehead atoms. The van der Waals surface area contributed by atoms with Crippen molar-refractivity contribution in [3.8, 4) is 5.75 Å². The van der Waals surface area contributed by atoms with Crippen LogP contribution in [0.3, 0.4) is 0 Å². The summed E-state index contributed by atoms with van der Waals surface area (Å²) in [6, 6.07) is 8.05. The summed E-state index contributed by atoms with van der Waals surface area (Å²) < 4.78 is 11.8. The van der Waals surface area contributed by atoms with Gasteiger partial charge in [-0.15, -0.1) is 0 Å². The Kier molecular flexibility index (Phi) is 8.22. The van der Waals surface area contributed by atoms with Crippen LogP contribution >= 0.6 is 0 Å². The van der Waals surface area contributed by atoms with E-state index >= 15 is 0 Å². The first kappa shape index (κ1) is 25.2. The van der Waals surface area contributed by atoms with E-state index in [4.69, 9.17) is 9.47 Å². The lowest BCUT2D eigenvalue weighted by Crippen LogP contribution is -2.48. The van der Waals surface area contributed by atoms with Crippen molar-refractivity contribution in [2.45, 2.75) is 32.9 Å². The van der Waals surface area contributed by atoms with Crippen molar-refractivity contribution in [1.82, 2.24) is 14.8 Å². The molecule has 1 aromatic carbocycles. The van der Waals surface area contributed by atoms with Crippen LogP contribution in [0.15, 0.2) is 42.7 Å². The molecule has 3 atom stereocenters. The highest BCUT2D eigenvalue weighted by molar-refractivity contribution is 5.99. The van der Waals surface area contributed by atoms with Gasteiger partial charge in [-0.1, -0.05) is 6.92 Å². The molecule has 1 aliphatic heterocycles. The van der Waals surface area contributed by atoms with Crippen molar-refractivity contribution in [2.24, 2.45) is 5.92 Å². The van der Waals surface area contributed by atoms with Gasteiger partial charge in [-0.05, 0) is 37.3 Å². The number of hydrogen-bond donors (Lipinski definition) is 1. The number of benzene rings is 1. The van der Waals surface area contributed by atoms with Gasteiger partial charge in [-0.25, -0.2) is 0 Å². The number of nitrogens with zero attached hydrogens (tertiary/aromatic N) is 3. The van der Waals surface area contributed by atoms with Crippen LogP contribution in [0.4, 0.5) is 5.69 Å². The summed E-state index contributed by atoms with van der Waals surface area (Å²) in [6.45, 7) is 6.27. The molecular formula is C25H32N4O5. The summed E-state index contributed by atoms with van der Waals surface area (Å²) in [5, 5.41) is 2.70. The average molecular weight is 469 g/mol. The minimum absolute atomic E-state index is 0.0573. The Labute approximate surface area is 200 Å². The number of carbonyl (C=O) groups excluding carboxylic acids is 3. The fraction of sp³-hybridized carbons (Fsp3) is 0.440. The highest BCUT2D eigenvalue weighted by atomic mass is 16.5. The van der Waals surface area contributed by atoms with Crippen molar-refractivity contribution >= 4 is 23.4 Å². The molecule has 9 nitrogen and oxygen atoms in total. The number of likely N-dealkylation sites (N-methyl/N-ethyl adjacent to an activating group) is 1. The number of pyridine rings is 1. The maximum Gasteiger partial charge on any atom is 0.257 e. The molecule has 0 radical (unpaired) electrons. The fourth-order valence-corrected chi connectivity index (χ4v) is 4.00. The van der Waals surface area contributed by atoms with Crippen LogP contribution in [0, 0.1) is 5.92 Å². The number of carbonyl (C=O) groups is 3. The summed E-state index contributed by atoms with van der Waals surface area (Å²) in [4.78, 5) is 45.6. The number of hydrogen-bond acceptors (Lipinski definition) is 6. The van der Waals surface area contributed by atoms with Gasteiger partial charge in [0.15, 0.2) is 0 Å². The summed E-state index contributed by atoms with van der Waals surface area (Å²) in [6.07, 6.45) is 2.89. The molecule has 0 saturated heterocycles. The summed E-state index contributed by atoms with van der Waals surface area (Å²) >= 11 is 0. The lowest BCUT2D eigenvalue weighted by molar-refractivity contribution is -0.114. The minimum atomic E-state index is -0.295. The topological polar surface area (TPSA) is 101 Å².